The molecule has 0 saturated heterocycles. The van der Waals surface area contributed by atoms with Gasteiger partial charge in [-0.15, -0.1) is 0 Å². The van der Waals surface area contributed by atoms with Gasteiger partial charge in [0.15, 0.2) is 0 Å². The van der Waals surface area contributed by atoms with Crippen LogP contribution in [0.3, 0.4) is 0 Å². The molecule has 0 aliphatic heterocycles. The Hall–Kier alpha value is -2.80. The lowest BCUT2D eigenvalue weighted by Crippen LogP contribution is -2.24. The quantitative estimate of drug-likeness (QED) is 0.624. The van der Waals surface area contributed by atoms with Crippen molar-refractivity contribution >= 4 is 17.3 Å². The molecule has 0 unspecified atom stereocenters. The number of halogens is 1. The van der Waals surface area contributed by atoms with Gasteiger partial charge in [0.05, 0.1) is 4.92 Å². The Morgan fingerprint density at radius 2 is 1.96 bits per heavy atom. The van der Waals surface area contributed by atoms with Crippen molar-refractivity contribution in [3.63, 3.8) is 0 Å². The minimum Gasteiger partial charge on any atom is -0.326 e. The lowest BCUT2D eigenvalue weighted by molar-refractivity contribution is -0.384. The minimum atomic E-state index is -0.493. The zero-order chi connectivity index (χ0) is 17.5. The van der Waals surface area contributed by atoms with Crippen LogP contribution in [-0.2, 0) is 11.3 Å². The van der Waals surface area contributed by atoms with Crippen LogP contribution in [0.1, 0.15) is 12.0 Å². The van der Waals surface area contributed by atoms with E-state index in [1.807, 2.05) is 18.0 Å². The molecule has 0 fully saturated rings. The van der Waals surface area contributed by atoms with Crippen LogP contribution >= 0.6 is 0 Å². The maximum absolute atomic E-state index is 13.1. The number of benzene rings is 2. The molecule has 1 amide bonds. The zero-order valence-corrected chi connectivity index (χ0v) is 13.2. The van der Waals surface area contributed by atoms with Crippen LogP contribution < -0.4 is 5.32 Å². The summed E-state index contributed by atoms with van der Waals surface area (Å²) in [4.78, 5) is 23.9. The van der Waals surface area contributed by atoms with Crippen LogP contribution in [0.2, 0.25) is 0 Å². The van der Waals surface area contributed by atoms with E-state index in [1.165, 1.54) is 36.4 Å². The number of rotatable bonds is 7. The van der Waals surface area contributed by atoms with E-state index in [0.717, 1.165) is 5.56 Å². The first-order valence-corrected chi connectivity index (χ1v) is 7.41. The number of nitro benzene ring substituents is 1. The Balaban J connectivity index is 1.79. The average molecular weight is 331 g/mol. The number of anilines is 1. The van der Waals surface area contributed by atoms with E-state index >= 15 is 0 Å². The van der Waals surface area contributed by atoms with E-state index in [4.69, 9.17) is 0 Å². The molecule has 0 heterocycles. The van der Waals surface area contributed by atoms with E-state index in [9.17, 15) is 19.3 Å². The summed E-state index contributed by atoms with van der Waals surface area (Å²) in [6.07, 6.45) is 0.267. The van der Waals surface area contributed by atoms with Gasteiger partial charge in [-0.05, 0) is 36.9 Å². The van der Waals surface area contributed by atoms with Crippen molar-refractivity contribution in [2.75, 3.05) is 18.9 Å². The zero-order valence-electron chi connectivity index (χ0n) is 13.2. The molecule has 0 saturated carbocycles. The van der Waals surface area contributed by atoms with Crippen LogP contribution in [-0.4, -0.2) is 29.3 Å². The van der Waals surface area contributed by atoms with Crippen LogP contribution in [0.5, 0.6) is 0 Å². The number of amides is 1. The molecule has 0 aliphatic rings. The molecule has 1 N–H and O–H groups in total. The molecule has 7 heteroatoms. The van der Waals surface area contributed by atoms with Gasteiger partial charge in [-0.3, -0.25) is 14.9 Å². The Morgan fingerprint density at radius 1 is 1.25 bits per heavy atom. The molecule has 2 aromatic carbocycles. The van der Waals surface area contributed by atoms with Crippen LogP contribution in [0.4, 0.5) is 15.8 Å². The third kappa shape index (κ3) is 5.44. The van der Waals surface area contributed by atoms with Gasteiger partial charge < -0.3 is 10.2 Å². The van der Waals surface area contributed by atoms with Crippen molar-refractivity contribution in [3.8, 4) is 0 Å². The largest absolute Gasteiger partial charge is 0.326 e. The van der Waals surface area contributed by atoms with Crippen LogP contribution in [0.25, 0.3) is 0 Å². The van der Waals surface area contributed by atoms with Crippen LogP contribution in [0.15, 0.2) is 48.5 Å². The van der Waals surface area contributed by atoms with Gasteiger partial charge in [0.25, 0.3) is 5.69 Å². The molecule has 24 heavy (non-hydrogen) atoms. The fourth-order valence-electron chi connectivity index (χ4n) is 2.21. The van der Waals surface area contributed by atoms with Gasteiger partial charge in [0.1, 0.15) is 5.82 Å². The number of nitrogens with one attached hydrogen (secondary N) is 1. The lowest BCUT2D eigenvalue weighted by atomic mass is 10.2. The first kappa shape index (κ1) is 17.6. The molecule has 0 aromatic heterocycles. The Kier molecular flexibility index (Phi) is 5.97. The highest BCUT2D eigenvalue weighted by Gasteiger charge is 2.08. The standard InChI is InChI=1S/C17H18FN3O3/c1-20(12-13-3-2-4-14(18)11-13)10-9-17(22)19-15-5-7-16(8-6-15)21(23)24/h2-8,11H,9-10,12H2,1H3,(H,19,22). The number of carbonyl (C=O) groups is 1. The second kappa shape index (κ2) is 8.16. The molecule has 126 valence electrons. The van der Waals surface area contributed by atoms with Gasteiger partial charge in [-0.2, -0.15) is 0 Å². The highest BCUT2D eigenvalue weighted by molar-refractivity contribution is 5.90. The number of carbonyl (C=O) groups excluding carboxylic acids is 1. The normalized spacial score (nSPS) is 10.6. The highest BCUT2D eigenvalue weighted by atomic mass is 19.1. The van der Waals surface area contributed by atoms with E-state index in [2.05, 4.69) is 5.32 Å². The predicted molar refractivity (Wildman–Crippen MR) is 89.1 cm³/mol. The molecule has 6 nitrogen and oxygen atoms in total. The Bertz CT molecular complexity index is 719. The van der Waals surface area contributed by atoms with E-state index < -0.39 is 4.92 Å². The molecular formula is C17H18FN3O3. The van der Waals surface area contributed by atoms with Gasteiger partial charge in [-0.1, -0.05) is 12.1 Å². The van der Waals surface area contributed by atoms with E-state index in [0.29, 0.717) is 18.8 Å². The molecule has 0 spiro atoms. The molecule has 0 atom stereocenters. The number of nitro groups is 1. The lowest BCUT2D eigenvalue weighted by Gasteiger charge is -2.16. The van der Waals surface area contributed by atoms with Gasteiger partial charge in [-0.25, -0.2) is 4.39 Å². The molecule has 0 bridgehead atoms. The number of hydrogen-bond donors (Lipinski definition) is 1. The second-order valence-corrected chi connectivity index (χ2v) is 5.47. The first-order valence-electron chi connectivity index (χ1n) is 7.41. The van der Waals surface area contributed by atoms with Crippen molar-refractivity contribution in [2.24, 2.45) is 0 Å². The summed E-state index contributed by atoms with van der Waals surface area (Å²) in [5.41, 5.74) is 1.33. The summed E-state index contributed by atoms with van der Waals surface area (Å²) >= 11 is 0. The molecule has 0 aliphatic carbocycles. The van der Waals surface area contributed by atoms with E-state index in [-0.39, 0.29) is 23.8 Å². The number of hydrogen-bond acceptors (Lipinski definition) is 4. The summed E-state index contributed by atoms with van der Waals surface area (Å²) in [7, 11) is 1.85. The monoisotopic (exact) mass is 331 g/mol. The number of nitrogens with zero attached hydrogens (tertiary/aromatic N) is 2. The second-order valence-electron chi connectivity index (χ2n) is 5.47. The number of non-ortho nitro benzene ring substituents is 1. The summed E-state index contributed by atoms with van der Waals surface area (Å²) in [5, 5.41) is 13.3. The summed E-state index contributed by atoms with van der Waals surface area (Å²) in [5.74, 6) is -0.466. The highest BCUT2D eigenvalue weighted by Crippen LogP contribution is 2.15. The SMILES string of the molecule is CN(CCC(=O)Nc1ccc([N+](=O)[O-])cc1)Cc1cccc(F)c1. The van der Waals surface area contributed by atoms with Gasteiger partial charge in [0.2, 0.25) is 5.91 Å². The smallest absolute Gasteiger partial charge is 0.269 e. The third-order valence-electron chi connectivity index (χ3n) is 3.42. The summed E-state index contributed by atoms with van der Waals surface area (Å²) < 4.78 is 13.1. The predicted octanol–water partition coefficient (Wildman–Crippen LogP) is 3.19. The van der Waals surface area contributed by atoms with Crippen molar-refractivity contribution in [2.45, 2.75) is 13.0 Å². The third-order valence-corrected chi connectivity index (χ3v) is 3.42. The Morgan fingerprint density at radius 3 is 2.58 bits per heavy atom. The van der Waals surface area contributed by atoms with Crippen molar-refractivity contribution in [1.82, 2.24) is 4.90 Å². The summed E-state index contributed by atoms with van der Waals surface area (Å²) in [6.45, 7) is 1.05. The molecule has 0 radical (unpaired) electrons. The summed E-state index contributed by atoms with van der Waals surface area (Å²) in [6, 6.07) is 12.0. The van der Waals surface area contributed by atoms with Crippen molar-refractivity contribution in [1.29, 1.82) is 0 Å². The van der Waals surface area contributed by atoms with Gasteiger partial charge in [0, 0.05) is 37.3 Å². The Labute approximate surface area is 139 Å². The maximum atomic E-state index is 13.1. The van der Waals surface area contributed by atoms with Crippen LogP contribution in [0, 0.1) is 15.9 Å². The first-order chi connectivity index (χ1) is 11.4. The topological polar surface area (TPSA) is 75.5 Å². The fourth-order valence-corrected chi connectivity index (χ4v) is 2.21. The molecule has 2 rings (SSSR count). The van der Waals surface area contributed by atoms with Gasteiger partial charge >= 0.3 is 0 Å². The minimum absolute atomic E-state index is 0.0252. The molecular weight excluding hydrogens is 313 g/mol. The fraction of sp³-hybridized carbons (Fsp3) is 0.235. The van der Waals surface area contributed by atoms with E-state index in [1.54, 1.807) is 6.07 Å². The molecule has 2 aromatic rings. The van der Waals surface area contributed by atoms with Crippen molar-refractivity contribution < 1.29 is 14.1 Å². The van der Waals surface area contributed by atoms with Crippen molar-refractivity contribution in [3.05, 3.63) is 70.0 Å². The average Bonchev–Trinajstić information content (AvgIpc) is 2.53. The maximum Gasteiger partial charge on any atom is 0.269 e.